The van der Waals surface area contributed by atoms with Crippen molar-refractivity contribution < 1.29 is 13.2 Å². The number of amides is 1. The maximum atomic E-state index is 12.1. The fourth-order valence-corrected chi connectivity index (χ4v) is 3.45. The van der Waals surface area contributed by atoms with E-state index < -0.39 is 15.4 Å². The lowest BCUT2D eigenvalue weighted by Gasteiger charge is -2.26. The summed E-state index contributed by atoms with van der Waals surface area (Å²) in [5, 5.41) is 3.14. The van der Waals surface area contributed by atoms with Crippen molar-refractivity contribution in [3.63, 3.8) is 0 Å². The van der Waals surface area contributed by atoms with Gasteiger partial charge in [-0.1, -0.05) is 20.3 Å². The summed E-state index contributed by atoms with van der Waals surface area (Å²) in [6, 6.07) is 0. The highest BCUT2D eigenvalue weighted by atomic mass is 32.2. The van der Waals surface area contributed by atoms with Gasteiger partial charge in [0.05, 0.1) is 11.2 Å². The molecule has 6 heteroatoms. The summed E-state index contributed by atoms with van der Waals surface area (Å²) in [4.78, 5) is 12.1. The maximum absolute atomic E-state index is 12.1. The van der Waals surface area contributed by atoms with E-state index in [9.17, 15) is 13.2 Å². The Labute approximate surface area is 103 Å². The van der Waals surface area contributed by atoms with Gasteiger partial charge in [-0.05, 0) is 25.8 Å². The van der Waals surface area contributed by atoms with Crippen LogP contribution in [0.3, 0.4) is 0 Å². The van der Waals surface area contributed by atoms with Crippen LogP contribution in [0.1, 0.15) is 39.5 Å². The Bertz CT molecular complexity index is 359. The molecule has 1 aliphatic heterocycles. The van der Waals surface area contributed by atoms with Crippen LogP contribution in [-0.2, 0) is 14.8 Å². The molecule has 1 aliphatic rings. The van der Waals surface area contributed by atoms with Gasteiger partial charge in [-0.15, -0.1) is 0 Å². The van der Waals surface area contributed by atoms with Crippen LogP contribution in [0.15, 0.2) is 0 Å². The first-order chi connectivity index (χ1) is 7.96. The number of nitrogens with one attached hydrogen (secondary N) is 2. The molecule has 1 amide bonds. The molecule has 0 saturated carbocycles. The van der Waals surface area contributed by atoms with E-state index in [1.165, 1.54) is 0 Å². The van der Waals surface area contributed by atoms with Crippen molar-refractivity contribution in [3.05, 3.63) is 0 Å². The summed E-state index contributed by atoms with van der Waals surface area (Å²) in [7, 11) is -3.45. The first-order valence-electron chi connectivity index (χ1n) is 6.21. The minimum atomic E-state index is -3.45. The predicted molar refractivity (Wildman–Crippen MR) is 67.0 cm³/mol. The first-order valence-corrected chi connectivity index (χ1v) is 7.86. The number of hydrogen-bond acceptors (Lipinski definition) is 4. The SMILES string of the molecule is CCCC1(C(=O)NS(=O)(=O)CCC)CCNC1. The quantitative estimate of drug-likeness (QED) is 0.736. The van der Waals surface area contributed by atoms with Crippen molar-refractivity contribution in [2.24, 2.45) is 5.41 Å². The van der Waals surface area contributed by atoms with E-state index >= 15 is 0 Å². The third-order valence-electron chi connectivity index (χ3n) is 3.17. The van der Waals surface area contributed by atoms with Crippen LogP contribution in [0.25, 0.3) is 0 Å². The molecule has 2 N–H and O–H groups in total. The fourth-order valence-electron chi connectivity index (χ4n) is 2.31. The van der Waals surface area contributed by atoms with Crippen molar-refractivity contribution in [2.45, 2.75) is 39.5 Å². The van der Waals surface area contributed by atoms with Gasteiger partial charge in [-0.2, -0.15) is 0 Å². The Morgan fingerprint density at radius 1 is 1.35 bits per heavy atom. The van der Waals surface area contributed by atoms with Crippen molar-refractivity contribution >= 4 is 15.9 Å². The second-order valence-electron chi connectivity index (χ2n) is 4.71. The number of carbonyl (C=O) groups excluding carboxylic acids is 1. The number of sulfonamides is 1. The average Bonchev–Trinajstić information content (AvgIpc) is 2.67. The molecule has 0 aromatic rings. The molecule has 0 aromatic heterocycles. The highest BCUT2D eigenvalue weighted by Gasteiger charge is 2.41. The normalized spacial score (nSPS) is 24.8. The summed E-state index contributed by atoms with van der Waals surface area (Å²) in [5.74, 6) is -0.327. The zero-order valence-electron chi connectivity index (χ0n) is 10.6. The van der Waals surface area contributed by atoms with Gasteiger partial charge < -0.3 is 5.32 Å². The van der Waals surface area contributed by atoms with Gasteiger partial charge in [0.2, 0.25) is 15.9 Å². The van der Waals surface area contributed by atoms with Crippen molar-refractivity contribution in [3.8, 4) is 0 Å². The summed E-state index contributed by atoms with van der Waals surface area (Å²) >= 11 is 0. The van der Waals surface area contributed by atoms with Gasteiger partial charge in [0.1, 0.15) is 0 Å². The van der Waals surface area contributed by atoms with Gasteiger partial charge in [-0.3, -0.25) is 9.52 Å². The van der Waals surface area contributed by atoms with E-state index in [1.807, 2.05) is 6.92 Å². The monoisotopic (exact) mass is 262 g/mol. The Balaban J connectivity index is 2.73. The van der Waals surface area contributed by atoms with Crippen LogP contribution in [0.4, 0.5) is 0 Å². The second kappa shape index (κ2) is 5.82. The molecular formula is C11H22N2O3S. The van der Waals surface area contributed by atoms with E-state index in [0.29, 0.717) is 19.4 Å². The van der Waals surface area contributed by atoms with Crippen molar-refractivity contribution in [1.29, 1.82) is 0 Å². The Morgan fingerprint density at radius 2 is 2.06 bits per heavy atom. The van der Waals surface area contributed by atoms with E-state index in [1.54, 1.807) is 6.92 Å². The highest BCUT2D eigenvalue weighted by Crippen LogP contribution is 2.31. The predicted octanol–water partition coefficient (Wildman–Crippen LogP) is 0.622. The molecule has 1 fully saturated rings. The fraction of sp³-hybridized carbons (Fsp3) is 0.909. The minimum absolute atomic E-state index is 0.00831. The first kappa shape index (κ1) is 14.4. The highest BCUT2D eigenvalue weighted by molar-refractivity contribution is 7.90. The molecule has 1 unspecified atom stereocenters. The van der Waals surface area contributed by atoms with Crippen LogP contribution >= 0.6 is 0 Å². The smallest absolute Gasteiger partial charge is 0.240 e. The molecule has 0 bridgehead atoms. The van der Waals surface area contributed by atoms with Crippen molar-refractivity contribution in [1.82, 2.24) is 10.0 Å². The standard InChI is InChI=1S/C11H22N2O3S/c1-3-5-11(6-7-12-9-11)10(14)13-17(15,16)8-4-2/h12H,3-9H2,1-2H3,(H,13,14). The van der Waals surface area contributed by atoms with E-state index in [-0.39, 0.29) is 11.7 Å². The zero-order valence-corrected chi connectivity index (χ0v) is 11.4. The second-order valence-corrected chi connectivity index (χ2v) is 6.55. The molecule has 1 rings (SSSR count). The Hall–Kier alpha value is -0.620. The van der Waals surface area contributed by atoms with Crippen LogP contribution < -0.4 is 10.0 Å². The van der Waals surface area contributed by atoms with Gasteiger partial charge in [0.25, 0.3) is 0 Å². The third kappa shape index (κ3) is 3.67. The lowest BCUT2D eigenvalue weighted by molar-refractivity contribution is -0.128. The number of hydrogen-bond donors (Lipinski definition) is 2. The average molecular weight is 262 g/mol. The molecule has 17 heavy (non-hydrogen) atoms. The number of carbonyl (C=O) groups is 1. The van der Waals surface area contributed by atoms with Gasteiger partial charge in [0.15, 0.2) is 0 Å². The molecule has 1 atom stereocenters. The summed E-state index contributed by atoms with van der Waals surface area (Å²) in [5.41, 5.74) is -0.532. The molecule has 0 aromatic carbocycles. The molecule has 0 aliphatic carbocycles. The van der Waals surface area contributed by atoms with Crippen molar-refractivity contribution in [2.75, 3.05) is 18.8 Å². The zero-order chi connectivity index (χ0) is 12.9. The van der Waals surface area contributed by atoms with Crippen LogP contribution in [-0.4, -0.2) is 33.2 Å². The molecule has 5 nitrogen and oxygen atoms in total. The van der Waals surface area contributed by atoms with E-state index in [0.717, 1.165) is 19.4 Å². The number of rotatable bonds is 6. The maximum Gasteiger partial charge on any atom is 0.240 e. The molecular weight excluding hydrogens is 240 g/mol. The Morgan fingerprint density at radius 3 is 2.53 bits per heavy atom. The van der Waals surface area contributed by atoms with Crippen LogP contribution in [0.5, 0.6) is 0 Å². The lowest BCUT2D eigenvalue weighted by Crippen LogP contribution is -2.45. The summed E-state index contributed by atoms with van der Waals surface area (Å²) in [6.07, 6.45) is 2.84. The molecule has 0 radical (unpaired) electrons. The molecule has 0 spiro atoms. The summed E-state index contributed by atoms with van der Waals surface area (Å²) in [6.45, 7) is 5.14. The molecule has 1 heterocycles. The molecule has 100 valence electrons. The van der Waals surface area contributed by atoms with E-state index in [4.69, 9.17) is 0 Å². The van der Waals surface area contributed by atoms with Gasteiger partial charge in [-0.25, -0.2) is 8.42 Å². The van der Waals surface area contributed by atoms with Gasteiger partial charge in [0, 0.05) is 6.54 Å². The van der Waals surface area contributed by atoms with E-state index in [2.05, 4.69) is 10.0 Å². The van der Waals surface area contributed by atoms with Crippen LogP contribution in [0.2, 0.25) is 0 Å². The topological polar surface area (TPSA) is 75.3 Å². The molecule has 1 saturated heterocycles. The summed E-state index contributed by atoms with van der Waals surface area (Å²) < 4.78 is 25.4. The largest absolute Gasteiger partial charge is 0.316 e. The Kier molecular flexibility index (Phi) is 4.94. The lowest BCUT2D eigenvalue weighted by atomic mass is 9.82. The van der Waals surface area contributed by atoms with Gasteiger partial charge >= 0.3 is 0 Å². The minimum Gasteiger partial charge on any atom is -0.316 e. The van der Waals surface area contributed by atoms with Crippen LogP contribution in [0, 0.1) is 5.41 Å². The third-order valence-corrected chi connectivity index (χ3v) is 4.62.